The summed E-state index contributed by atoms with van der Waals surface area (Å²) < 4.78 is 5.04. The van der Waals surface area contributed by atoms with Gasteiger partial charge in [0.2, 0.25) is 0 Å². The zero-order chi connectivity index (χ0) is 14.0. The van der Waals surface area contributed by atoms with Crippen molar-refractivity contribution in [3.8, 4) is 5.75 Å². The van der Waals surface area contributed by atoms with Crippen LogP contribution in [-0.2, 0) is 0 Å². The average Bonchev–Trinajstić information content (AvgIpc) is 2.38. The molecule has 2 aromatic carbocycles. The van der Waals surface area contributed by atoms with Crippen molar-refractivity contribution in [3.05, 3.63) is 62.6 Å². The SMILES string of the molecule is COc1ccc(C(=O)c2ccc(Cl)cc2Cl)cc1Cl. The van der Waals surface area contributed by atoms with Crippen molar-refractivity contribution in [1.29, 1.82) is 0 Å². The second kappa shape index (κ2) is 5.83. The Morgan fingerprint density at radius 3 is 2.32 bits per heavy atom. The van der Waals surface area contributed by atoms with Gasteiger partial charge in [0.05, 0.1) is 17.2 Å². The van der Waals surface area contributed by atoms with E-state index in [9.17, 15) is 4.79 Å². The molecule has 0 saturated carbocycles. The number of methoxy groups -OCH3 is 1. The first-order chi connectivity index (χ1) is 9.02. The van der Waals surface area contributed by atoms with E-state index in [0.29, 0.717) is 31.9 Å². The third-order valence-corrected chi connectivity index (χ3v) is 3.43. The molecule has 0 amide bonds. The quantitative estimate of drug-likeness (QED) is 0.754. The third kappa shape index (κ3) is 3.03. The monoisotopic (exact) mass is 314 g/mol. The van der Waals surface area contributed by atoms with Crippen molar-refractivity contribution in [3.63, 3.8) is 0 Å². The number of ether oxygens (including phenoxy) is 1. The molecule has 5 heteroatoms. The molecule has 2 nitrogen and oxygen atoms in total. The standard InChI is InChI=1S/C14H9Cl3O2/c1-19-13-5-2-8(6-12(13)17)14(18)10-4-3-9(15)7-11(10)16/h2-7H,1H3. The Balaban J connectivity index is 2.41. The minimum Gasteiger partial charge on any atom is -0.495 e. The molecule has 0 bridgehead atoms. The van der Waals surface area contributed by atoms with Crippen LogP contribution in [0.4, 0.5) is 0 Å². The molecule has 0 heterocycles. The molecule has 2 aromatic rings. The Labute approximate surface area is 125 Å². The molecule has 0 aliphatic heterocycles. The van der Waals surface area contributed by atoms with E-state index in [-0.39, 0.29) is 5.78 Å². The van der Waals surface area contributed by atoms with Gasteiger partial charge >= 0.3 is 0 Å². The van der Waals surface area contributed by atoms with Crippen molar-refractivity contribution < 1.29 is 9.53 Å². The Hall–Kier alpha value is -1.22. The van der Waals surface area contributed by atoms with Gasteiger partial charge in [-0.1, -0.05) is 34.8 Å². The second-order valence-corrected chi connectivity index (χ2v) is 5.05. The average molecular weight is 316 g/mol. The van der Waals surface area contributed by atoms with E-state index in [1.54, 1.807) is 30.3 Å². The number of halogens is 3. The highest BCUT2D eigenvalue weighted by Crippen LogP contribution is 2.28. The van der Waals surface area contributed by atoms with E-state index in [1.165, 1.54) is 13.2 Å². The molecule has 0 aromatic heterocycles. The van der Waals surface area contributed by atoms with Gasteiger partial charge in [-0.05, 0) is 36.4 Å². The highest BCUT2D eigenvalue weighted by atomic mass is 35.5. The summed E-state index contributed by atoms with van der Waals surface area (Å²) in [6, 6.07) is 9.56. The van der Waals surface area contributed by atoms with E-state index in [0.717, 1.165) is 0 Å². The highest BCUT2D eigenvalue weighted by Gasteiger charge is 2.14. The Bertz CT molecular complexity index is 639. The molecule has 0 N–H and O–H groups in total. The van der Waals surface area contributed by atoms with Crippen LogP contribution in [0.15, 0.2) is 36.4 Å². The summed E-state index contributed by atoms with van der Waals surface area (Å²) in [7, 11) is 1.51. The van der Waals surface area contributed by atoms with Gasteiger partial charge in [0.15, 0.2) is 5.78 Å². The van der Waals surface area contributed by atoms with Crippen LogP contribution < -0.4 is 4.74 Å². The van der Waals surface area contributed by atoms with Crippen LogP contribution in [0, 0.1) is 0 Å². The maximum Gasteiger partial charge on any atom is 0.194 e. The summed E-state index contributed by atoms with van der Waals surface area (Å²) in [6.45, 7) is 0. The molecule has 19 heavy (non-hydrogen) atoms. The van der Waals surface area contributed by atoms with Gasteiger partial charge in [0.1, 0.15) is 5.75 Å². The maximum atomic E-state index is 12.3. The molecule has 0 aliphatic carbocycles. The first-order valence-corrected chi connectivity index (χ1v) is 6.49. The van der Waals surface area contributed by atoms with Crippen molar-refractivity contribution in [1.82, 2.24) is 0 Å². The molecule has 0 atom stereocenters. The van der Waals surface area contributed by atoms with Gasteiger partial charge in [-0.25, -0.2) is 0 Å². The molecule has 0 aliphatic rings. The molecule has 98 valence electrons. The molecule has 0 fully saturated rings. The second-order valence-electron chi connectivity index (χ2n) is 3.80. The zero-order valence-electron chi connectivity index (χ0n) is 9.91. The minimum atomic E-state index is -0.216. The Morgan fingerprint density at radius 1 is 1.00 bits per heavy atom. The van der Waals surface area contributed by atoms with E-state index in [4.69, 9.17) is 39.5 Å². The number of carbonyl (C=O) groups is 1. The van der Waals surface area contributed by atoms with Gasteiger partial charge in [0, 0.05) is 16.1 Å². The van der Waals surface area contributed by atoms with Crippen LogP contribution in [0.5, 0.6) is 5.75 Å². The molecule has 2 rings (SSSR count). The van der Waals surface area contributed by atoms with Gasteiger partial charge in [-0.3, -0.25) is 4.79 Å². The predicted octanol–water partition coefficient (Wildman–Crippen LogP) is 4.89. The summed E-state index contributed by atoms with van der Waals surface area (Å²) in [4.78, 5) is 12.3. The van der Waals surface area contributed by atoms with Gasteiger partial charge in [-0.2, -0.15) is 0 Å². The van der Waals surface area contributed by atoms with Crippen molar-refractivity contribution in [2.75, 3.05) is 7.11 Å². The number of hydrogen-bond donors (Lipinski definition) is 0. The van der Waals surface area contributed by atoms with Crippen molar-refractivity contribution in [2.45, 2.75) is 0 Å². The Kier molecular flexibility index (Phi) is 4.35. The van der Waals surface area contributed by atoms with Gasteiger partial charge in [0.25, 0.3) is 0 Å². The molecular weight excluding hydrogens is 307 g/mol. The van der Waals surface area contributed by atoms with E-state index >= 15 is 0 Å². The molecule has 0 spiro atoms. The lowest BCUT2D eigenvalue weighted by Gasteiger charge is -2.07. The lowest BCUT2D eigenvalue weighted by atomic mass is 10.0. The summed E-state index contributed by atoms with van der Waals surface area (Å²) in [6.07, 6.45) is 0. The van der Waals surface area contributed by atoms with Crippen molar-refractivity contribution in [2.24, 2.45) is 0 Å². The third-order valence-electron chi connectivity index (χ3n) is 2.59. The Morgan fingerprint density at radius 2 is 1.74 bits per heavy atom. The topological polar surface area (TPSA) is 26.3 Å². The van der Waals surface area contributed by atoms with Gasteiger partial charge in [-0.15, -0.1) is 0 Å². The van der Waals surface area contributed by atoms with Crippen LogP contribution >= 0.6 is 34.8 Å². The molecular formula is C14H9Cl3O2. The minimum absolute atomic E-state index is 0.216. The first-order valence-electron chi connectivity index (χ1n) is 5.36. The lowest BCUT2D eigenvalue weighted by molar-refractivity contribution is 0.103. The normalized spacial score (nSPS) is 10.3. The summed E-state index contributed by atoms with van der Waals surface area (Å²) in [5.74, 6) is 0.298. The number of benzene rings is 2. The zero-order valence-corrected chi connectivity index (χ0v) is 12.2. The number of ketones is 1. The fraction of sp³-hybridized carbons (Fsp3) is 0.0714. The van der Waals surface area contributed by atoms with Gasteiger partial charge < -0.3 is 4.74 Å². The molecule has 0 unspecified atom stereocenters. The fourth-order valence-electron chi connectivity index (χ4n) is 1.64. The van der Waals surface area contributed by atoms with Crippen LogP contribution in [0.1, 0.15) is 15.9 Å². The van der Waals surface area contributed by atoms with Crippen molar-refractivity contribution >= 4 is 40.6 Å². The lowest BCUT2D eigenvalue weighted by Crippen LogP contribution is -2.02. The van der Waals surface area contributed by atoms with E-state index in [1.807, 2.05) is 0 Å². The van der Waals surface area contributed by atoms with E-state index in [2.05, 4.69) is 0 Å². The summed E-state index contributed by atoms with van der Waals surface area (Å²) in [5, 5.41) is 1.16. The molecule has 0 saturated heterocycles. The first kappa shape index (κ1) is 14.2. The number of rotatable bonds is 3. The summed E-state index contributed by atoms with van der Waals surface area (Å²) >= 11 is 17.8. The van der Waals surface area contributed by atoms with Crippen LogP contribution in [0.3, 0.4) is 0 Å². The summed E-state index contributed by atoms with van der Waals surface area (Å²) in [5.41, 5.74) is 0.822. The van der Waals surface area contributed by atoms with E-state index < -0.39 is 0 Å². The smallest absolute Gasteiger partial charge is 0.194 e. The highest BCUT2D eigenvalue weighted by molar-refractivity contribution is 6.37. The maximum absolute atomic E-state index is 12.3. The van der Waals surface area contributed by atoms with Crippen LogP contribution in [-0.4, -0.2) is 12.9 Å². The van der Waals surface area contributed by atoms with Crippen LogP contribution in [0.25, 0.3) is 0 Å². The largest absolute Gasteiger partial charge is 0.495 e. The predicted molar refractivity (Wildman–Crippen MR) is 77.9 cm³/mol. The number of hydrogen-bond acceptors (Lipinski definition) is 2. The van der Waals surface area contributed by atoms with Crippen LogP contribution in [0.2, 0.25) is 15.1 Å². The fourth-order valence-corrected chi connectivity index (χ4v) is 2.39. The molecule has 0 radical (unpaired) electrons. The number of carbonyl (C=O) groups excluding carboxylic acids is 1.